The maximum Gasteiger partial charge on any atom is 0.317 e. The second-order valence-corrected chi connectivity index (χ2v) is 16.7. The number of amides is 5. The van der Waals surface area contributed by atoms with Crippen molar-refractivity contribution in [2.24, 2.45) is 11.7 Å². The summed E-state index contributed by atoms with van der Waals surface area (Å²) in [6.07, 6.45) is 16.4. The predicted octanol–water partition coefficient (Wildman–Crippen LogP) is 2.96. The van der Waals surface area contributed by atoms with Gasteiger partial charge < -0.3 is 56.9 Å². The number of nitrogens with two attached hydrogens (primary N) is 1. The number of unbranched alkanes of at least 4 members (excludes halogenated alkanes) is 14. The van der Waals surface area contributed by atoms with Crippen LogP contribution in [0.15, 0.2) is 0 Å². The Bertz CT molecular complexity index is 1420. The van der Waals surface area contributed by atoms with E-state index < -0.39 is 72.7 Å². The van der Waals surface area contributed by atoms with Gasteiger partial charge in [-0.2, -0.15) is 0 Å². The Balaban J connectivity index is 4.28. The van der Waals surface area contributed by atoms with Crippen LogP contribution in [0.25, 0.3) is 0 Å². The fraction of sp³-hybridized carbons (Fsp3) is 0.800. The molecular formula is C45H80N6O15. The average molecular weight is 945 g/mol. The molecule has 0 radical (unpaired) electrons. The Morgan fingerprint density at radius 3 is 1.52 bits per heavy atom. The van der Waals surface area contributed by atoms with E-state index in [1.807, 2.05) is 0 Å². The van der Waals surface area contributed by atoms with Crippen molar-refractivity contribution in [3.05, 3.63) is 0 Å². The van der Waals surface area contributed by atoms with Crippen molar-refractivity contribution in [1.82, 2.24) is 26.2 Å². The molecule has 380 valence electrons. The first-order chi connectivity index (χ1) is 31.5. The first-order valence-electron chi connectivity index (χ1n) is 23.7. The molecule has 21 heteroatoms. The summed E-state index contributed by atoms with van der Waals surface area (Å²) in [4.78, 5) is 108. The van der Waals surface area contributed by atoms with Gasteiger partial charge in [0.2, 0.25) is 29.5 Å². The molecule has 0 aromatic heterocycles. The number of carbonyl (C=O) groups excluding carboxylic acids is 5. The predicted molar refractivity (Wildman–Crippen MR) is 243 cm³/mol. The number of carboxylic acid groups (broad SMARTS) is 4. The molecule has 0 saturated heterocycles. The first-order valence-corrected chi connectivity index (χ1v) is 23.7. The third-order valence-electron chi connectivity index (χ3n) is 10.7. The van der Waals surface area contributed by atoms with E-state index >= 15 is 0 Å². The van der Waals surface area contributed by atoms with Crippen LogP contribution in [0.4, 0.5) is 0 Å². The van der Waals surface area contributed by atoms with Crippen LogP contribution in [0.5, 0.6) is 0 Å². The van der Waals surface area contributed by atoms with Crippen molar-refractivity contribution in [2.75, 3.05) is 59.2 Å². The number of carboxylic acids is 4. The van der Waals surface area contributed by atoms with E-state index in [0.29, 0.717) is 32.4 Å². The van der Waals surface area contributed by atoms with Gasteiger partial charge in [-0.25, -0.2) is 0 Å². The number of ether oxygens (including phenoxy) is 2. The number of aliphatic carboxylic acids is 4. The van der Waals surface area contributed by atoms with Crippen LogP contribution >= 0.6 is 0 Å². The molecule has 21 nitrogen and oxygen atoms in total. The number of hydrogen-bond donors (Lipinski definition) is 9. The molecule has 0 unspecified atom stereocenters. The minimum absolute atomic E-state index is 0.00857. The van der Waals surface area contributed by atoms with E-state index in [9.17, 15) is 43.2 Å². The van der Waals surface area contributed by atoms with Crippen molar-refractivity contribution in [1.29, 1.82) is 0 Å². The largest absolute Gasteiger partial charge is 0.481 e. The Kier molecular flexibility index (Phi) is 37.4. The van der Waals surface area contributed by atoms with Gasteiger partial charge in [-0.15, -0.1) is 0 Å². The lowest BCUT2D eigenvalue weighted by Gasteiger charge is -2.24. The summed E-state index contributed by atoms with van der Waals surface area (Å²) in [7, 11) is 0. The van der Waals surface area contributed by atoms with Crippen molar-refractivity contribution in [3.8, 4) is 0 Å². The fourth-order valence-electron chi connectivity index (χ4n) is 6.89. The summed E-state index contributed by atoms with van der Waals surface area (Å²) in [6.45, 7) is 1.76. The average Bonchev–Trinajstić information content (AvgIpc) is 3.24. The molecule has 0 heterocycles. The summed E-state index contributed by atoms with van der Waals surface area (Å²) in [5.41, 5.74) is 5.56. The van der Waals surface area contributed by atoms with E-state index in [2.05, 4.69) is 21.3 Å². The van der Waals surface area contributed by atoms with Gasteiger partial charge in [-0.3, -0.25) is 48.1 Å². The van der Waals surface area contributed by atoms with Gasteiger partial charge in [0.25, 0.3) is 0 Å². The third-order valence-corrected chi connectivity index (χ3v) is 10.7. The Morgan fingerprint density at radius 2 is 0.970 bits per heavy atom. The summed E-state index contributed by atoms with van der Waals surface area (Å²) < 4.78 is 10.8. The zero-order chi connectivity index (χ0) is 49.4. The zero-order valence-corrected chi connectivity index (χ0v) is 39.2. The second-order valence-electron chi connectivity index (χ2n) is 16.7. The number of carbonyl (C=O) groups is 9. The van der Waals surface area contributed by atoms with Gasteiger partial charge in [-0.1, -0.05) is 77.6 Å². The van der Waals surface area contributed by atoms with Crippen molar-refractivity contribution in [3.63, 3.8) is 0 Å². The number of primary amides is 1. The number of nitrogens with zero attached hydrogens (tertiary/aromatic N) is 1. The van der Waals surface area contributed by atoms with Crippen molar-refractivity contribution >= 4 is 53.4 Å². The highest BCUT2D eigenvalue weighted by Gasteiger charge is 2.27. The first kappa shape index (κ1) is 61.1. The molecule has 0 aliphatic carbocycles. The molecule has 0 fully saturated rings. The van der Waals surface area contributed by atoms with Crippen molar-refractivity contribution in [2.45, 2.75) is 167 Å². The van der Waals surface area contributed by atoms with E-state index in [-0.39, 0.29) is 89.7 Å². The van der Waals surface area contributed by atoms with Crippen LogP contribution in [-0.2, 0) is 52.6 Å². The van der Waals surface area contributed by atoms with Gasteiger partial charge in [0.1, 0.15) is 18.7 Å². The summed E-state index contributed by atoms with van der Waals surface area (Å²) >= 11 is 0. The molecule has 3 atom stereocenters. The molecule has 0 saturated carbocycles. The summed E-state index contributed by atoms with van der Waals surface area (Å²) in [6, 6.07) is -2.26. The van der Waals surface area contributed by atoms with Gasteiger partial charge >= 0.3 is 23.9 Å². The Morgan fingerprint density at radius 1 is 0.485 bits per heavy atom. The van der Waals surface area contributed by atoms with Crippen LogP contribution in [-0.4, -0.2) is 150 Å². The smallest absolute Gasteiger partial charge is 0.317 e. The number of hydrogen-bond acceptors (Lipinski definition) is 12. The van der Waals surface area contributed by atoms with E-state index in [1.165, 1.54) is 56.8 Å². The highest BCUT2D eigenvalue weighted by atomic mass is 16.5. The molecule has 0 aliphatic rings. The fourth-order valence-corrected chi connectivity index (χ4v) is 6.89. The van der Waals surface area contributed by atoms with Crippen molar-refractivity contribution < 1.29 is 73.1 Å². The van der Waals surface area contributed by atoms with Gasteiger partial charge in [0.15, 0.2) is 0 Å². The molecule has 0 aromatic rings. The maximum absolute atomic E-state index is 13.3. The lowest BCUT2D eigenvalue weighted by molar-refractivity contribution is -0.142. The monoisotopic (exact) mass is 945 g/mol. The molecule has 0 spiro atoms. The highest BCUT2D eigenvalue weighted by molar-refractivity contribution is 5.92. The molecule has 0 aliphatic heterocycles. The lowest BCUT2D eigenvalue weighted by atomic mass is 10.0. The lowest BCUT2D eigenvalue weighted by Crippen LogP contribution is -2.53. The van der Waals surface area contributed by atoms with Gasteiger partial charge in [0.05, 0.1) is 32.9 Å². The van der Waals surface area contributed by atoms with E-state index in [0.717, 1.165) is 38.5 Å². The van der Waals surface area contributed by atoms with Crippen LogP contribution < -0.4 is 27.0 Å². The number of rotatable bonds is 46. The minimum Gasteiger partial charge on any atom is -0.481 e. The summed E-state index contributed by atoms with van der Waals surface area (Å²) in [5.74, 6) is -7.45. The molecule has 66 heavy (non-hydrogen) atoms. The second kappa shape index (κ2) is 40.4. The molecule has 0 aromatic carbocycles. The number of nitrogens with one attached hydrogen (secondary N) is 4. The topological polar surface area (TPSA) is 330 Å². The molecule has 0 rings (SSSR count). The summed E-state index contributed by atoms with van der Waals surface area (Å²) in [5, 5.41) is 46.5. The normalized spacial score (nSPS) is 12.5. The van der Waals surface area contributed by atoms with E-state index in [1.54, 1.807) is 0 Å². The minimum atomic E-state index is -1.21. The standard InChI is InChI=1S/C45H80N6O15/c1-34(23-24-40(56)57)44(63)50-36(20-16-18-27-51(31-41(58)59)32-42(60)61)45(64)49-35(43(46)62)19-15-17-25-47-38(53)33-66-30-29-65-28-26-48-37(52)21-13-11-9-7-5-3-2-4-6-8-10-12-14-22-39(54)55/h34-36H,2-33H2,1H3,(H2,46,62)(H,47,53)(H,48,52)(H,49,64)(H,50,63)(H,54,55)(H,56,57)(H,58,59)(H,60,61)/t34-,35-,36-/m0/s1. The van der Waals surface area contributed by atoms with Gasteiger partial charge in [-0.05, 0) is 64.3 Å². The molecule has 5 amide bonds. The van der Waals surface area contributed by atoms with Crippen LogP contribution in [0.2, 0.25) is 0 Å². The molecule has 10 N–H and O–H groups in total. The molecule has 0 bridgehead atoms. The van der Waals surface area contributed by atoms with Gasteiger partial charge in [0, 0.05) is 38.3 Å². The SMILES string of the molecule is C[C@@H](CCC(=O)O)C(=O)N[C@@H](CCCCN(CC(=O)O)CC(=O)O)C(=O)N[C@@H](CCCCNC(=O)COCCOCCNC(=O)CCCCCCCCCCCCCCCC(=O)O)C(N)=O. The highest BCUT2D eigenvalue weighted by Crippen LogP contribution is 2.14. The quantitative estimate of drug-likeness (QED) is 0.0396. The maximum atomic E-state index is 13.3. The Labute approximate surface area is 389 Å². The third kappa shape index (κ3) is 38.4. The van der Waals surface area contributed by atoms with Crippen LogP contribution in [0, 0.1) is 5.92 Å². The van der Waals surface area contributed by atoms with Crippen LogP contribution in [0.1, 0.15) is 155 Å². The Hall–Kier alpha value is -4.89. The van der Waals surface area contributed by atoms with E-state index in [4.69, 9.17) is 35.6 Å². The molecular weight excluding hydrogens is 865 g/mol. The zero-order valence-electron chi connectivity index (χ0n) is 39.2. The van der Waals surface area contributed by atoms with Crippen LogP contribution in [0.3, 0.4) is 0 Å².